The molecule has 0 spiro atoms. The molecule has 3 rings (SSSR count). The lowest BCUT2D eigenvalue weighted by Crippen LogP contribution is -2.51. The monoisotopic (exact) mass is 264 g/mol. The largest absolute Gasteiger partial charge is 0.284 e. The van der Waals surface area contributed by atoms with Gasteiger partial charge in [-0.1, -0.05) is 38.5 Å². The van der Waals surface area contributed by atoms with Crippen molar-refractivity contribution in [3.05, 3.63) is 0 Å². The first-order valence-corrected chi connectivity index (χ1v) is 8.63. The third-order valence-corrected chi connectivity index (χ3v) is 6.37. The maximum absolute atomic E-state index is 2.81. The van der Waals surface area contributed by atoms with E-state index in [4.69, 9.17) is 0 Å². The summed E-state index contributed by atoms with van der Waals surface area (Å²) in [6.45, 7) is 8.92. The zero-order valence-corrected chi connectivity index (χ0v) is 13.1. The molecule has 0 bridgehead atoms. The van der Waals surface area contributed by atoms with Crippen molar-refractivity contribution in [3.63, 3.8) is 0 Å². The molecule has 0 aromatic carbocycles. The van der Waals surface area contributed by atoms with Crippen LogP contribution in [0.2, 0.25) is 0 Å². The molecule has 3 aliphatic rings. The van der Waals surface area contributed by atoms with Crippen LogP contribution < -0.4 is 0 Å². The molecule has 3 fully saturated rings. The van der Waals surface area contributed by atoms with Crippen LogP contribution in [0.3, 0.4) is 0 Å². The number of hydrogen-bond acceptors (Lipinski definition) is 2. The lowest BCUT2D eigenvalue weighted by Gasteiger charge is -2.45. The van der Waals surface area contributed by atoms with E-state index >= 15 is 0 Å². The van der Waals surface area contributed by atoms with Gasteiger partial charge in [0, 0.05) is 24.2 Å². The number of nitrogens with zero attached hydrogens (tertiary/aromatic N) is 2. The smallest absolute Gasteiger partial charge is 0.0517 e. The van der Waals surface area contributed by atoms with Gasteiger partial charge in [0.1, 0.15) is 0 Å². The molecule has 0 amide bonds. The van der Waals surface area contributed by atoms with E-state index in [1.807, 2.05) is 0 Å². The second-order valence-electron chi connectivity index (χ2n) is 7.78. The van der Waals surface area contributed by atoms with Gasteiger partial charge < -0.3 is 0 Å². The lowest BCUT2D eigenvalue weighted by molar-refractivity contribution is 0.0284. The summed E-state index contributed by atoms with van der Waals surface area (Å²) in [7, 11) is 0. The summed E-state index contributed by atoms with van der Waals surface area (Å²) >= 11 is 0. The third-order valence-electron chi connectivity index (χ3n) is 6.37. The fourth-order valence-electron chi connectivity index (χ4n) is 4.73. The molecule has 0 aromatic rings. The SMILES string of the molecule is CC1(N2CCN(C3(C)CCCCC3)C2)CCCCC1. The molecular formula is C17H32N2. The Hall–Kier alpha value is -0.0800. The maximum atomic E-state index is 2.81. The number of hydrogen-bond donors (Lipinski definition) is 0. The van der Waals surface area contributed by atoms with Gasteiger partial charge in [-0.3, -0.25) is 9.80 Å². The van der Waals surface area contributed by atoms with E-state index in [2.05, 4.69) is 23.6 Å². The molecule has 0 N–H and O–H groups in total. The van der Waals surface area contributed by atoms with Gasteiger partial charge in [-0.15, -0.1) is 0 Å². The van der Waals surface area contributed by atoms with Gasteiger partial charge in [0.2, 0.25) is 0 Å². The van der Waals surface area contributed by atoms with Crippen molar-refractivity contribution < 1.29 is 0 Å². The minimum atomic E-state index is 0.512. The van der Waals surface area contributed by atoms with E-state index in [-0.39, 0.29) is 0 Å². The summed E-state index contributed by atoms with van der Waals surface area (Å²) in [5.41, 5.74) is 1.02. The van der Waals surface area contributed by atoms with E-state index < -0.39 is 0 Å². The summed E-state index contributed by atoms with van der Waals surface area (Å²) in [6, 6.07) is 0. The quantitative estimate of drug-likeness (QED) is 0.743. The molecule has 2 heteroatoms. The summed E-state index contributed by atoms with van der Waals surface area (Å²) in [6.07, 6.45) is 14.4. The fourth-order valence-corrected chi connectivity index (χ4v) is 4.73. The molecule has 110 valence electrons. The fraction of sp³-hybridized carbons (Fsp3) is 1.00. The van der Waals surface area contributed by atoms with Gasteiger partial charge in [0.15, 0.2) is 0 Å². The average Bonchev–Trinajstić information content (AvgIpc) is 2.91. The topological polar surface area (TPSA) is 6.48 Å². The molecule has 1 aliphatic heterocycles. The van der Waals surface area contributed by atoms with Crippen LogP contribution in [0.25, 0.3) is 0 Å². The molecule has 0 unspecified atom stereocenters. The standard InChI is InChI=1S/C17H32N2/c1-16(9-5-3-6-10-16)18-13-14-19(15-18)17(2)11-7-4-8-12-17/h3-15H2,1-2H3. The second kappa shape index (κ2) is 5.37. The van der Waals surface area contributed by atoms with Crippen LogP contribution in [0.15, 0.2) is 0 Å². The van der Waals surface area contributed by atoms with Crippen LogP contribution in [-0.4, -0.2) is 40.6 Å². The van der Waals surface area contributed by atoms with Crippen LogP contribution in [0.1, 0.15) is 78.1 Å². The van der Waals surface area contributed by atoms with Gasteiger partial charge >= 0.3 is 0 Å². The zero-order chi connectivity index (χ0) is 13.3. The summed E-state index contributed by atoms with van der Waals surface area (Å²) in [4.78, 5) is 5.62. The first-order valence-electron chi connectivity index (χ1n) is 8.63. The normalized spacial score (nSPS) is 32.5. The second-order valence-corrected chi connectivity index (χ2v) is 7.78. The molecule has 0 atom stereocenters. The van der Waals surface area contributed by atoms with Gasteiger partial charge in [-0.25, -0.2) is 0 Å². The van der Waals surface area contributed by atoms with Gasteiger partial charge in [0.25, 0.3) is 0 Å². The van der Waals surface area contributed by atoms with Crippen molar-refractivity contribution in [1.82, 2.24) is 9.80 Å². The molecular weight excluding hydrogens is 232 g/mol. The highest BCUT2D eigenvalue weighted by molar-refractivity contribution is 4.97. The molecule has 0 radical (unpaired) electrons. The third kappa shape index (κ3) is 2.71. The highest BCUT2D eigenvalue weighted by atomic mass is 15.4. The lowest BCUT2D eigenvalue weighted by atomic mass is 9.81. The van der Waals surface area contributed by atoms with E-state index in [0.29, 0.717) is 11.1 Å². The molecule has 2 saturated carbocycles. The zero-order valence-electron chi connectivity index (χ0n) is 13.1. The molecule has 1 saturated heterocycles. The van der Waals surface area contributed by atoms with Crippen LogP contribution in [-0.2, 0) is 0 Å². The van der Waals surface area contributed by atoms with Crippen molar-refractivity contribution in [2.45, 2.75) is 89.1 Å². The Morgan fingerprint density at radius 1 is 0.579 bits per heavy atom. The minimum Gasteiger partial charge on any atom is -0.284 e. The van der Waals surface area contributed by atoms with Crippen LogP contribution in [0, 0.1) is 0 Å². The van der Waals surface area contributed by atoms with Crippen molar-refractivity contribution >= 4 is 0 Å². The number of rotatable bonds is 2. The predicted molar refractivity (Wildman–Crippen MR) is 81.3 cm³/mol. The van der Waals surface area contributed by atoms with Crippen molar-refractivity contribution in [2.24, 2.45) is 0 Å². The van der Waals surface area contributed by atoms with Gasteiger partial charge in [-0.2, -0.15) is 0 Å². The van der Waals surface area contributed by atoms with E-state index in [0.717, 1.165) is 0 Å². The van der Waals surface area contributed by atoms with Crippen LogP contribution in [0.5, 0.6) is 0 Å². The Morgan fingerprint density at radius 3 is 1.32 bits per heavy atom. The Bertz CT molecular complexity index is 270. The predicted octanol–water partition coefficient (Wildman–Crippen LogP) is 4.01. The van der Waals surface area contributed by atoms with Gasteiger partial charge in [-0.05, 0) is 39.5 Å². The molecule has 0 aromatic heterocycles. The highest BCUT2D eigenvalue weighted by Crippen LogP contribution is 2.39. The van der Waals surface area contributed by atoms with Crippen LogP contribution >= 0.6 is 0 Å². The van der Waals surface area contributed by atoms with Crippen molar-refractivity contribution in [1.29, 1.82) is 0 Å². The Labute approximate surface area is 119 Å². The molecule has 19 heavy (non-hydrogen) atoms. The molecule has 2 nitrogen and oxygen atoms in total. The Morgan fingerprint density at radius 2 is 0.947 bits per heavy atom. The Kier molecular flexibility index (Phi) is 3.92. The summed E-state index contributed by atoms with van der Waals surface area (Å²) in [5.74, 6) is 0. The van der Waals surface area contributed by atoms with Crippen molar-refractivity contribution in [3.8, 4) is 0 Å². The first-order chi connectivity index (χ1) is 9.12. The Balaban J connectivity index is 1.63. The van der Waals surface area contributed by atoms with Gasteiger partial charge in [0.05, 0.1) is 6.67 Å². The van der Waals surface area contributed by atoms with E-state index in [1.165, 1.54) is 84.0 Å². The van der Waals surface area contributed by atoms with Crippen LogP contribution in [0.4, 0.5) is 0 Å². The van der Waals surface area contributed by atoms with E-state index in [1.54, 1.807) is 0 Å². The maximum Gasteiger partial charge on any atom is 0.0517 e. The summed E-state index contributed by atoms with van der Waals surface area (Å²) < 4.78 is 0. The van der Waals surface area contributed by atoms with E-state index in [9.17, 15) is 0 Å². The summed E-state index contributed by atoms with van der Waals surface area (Å²) in [5, 5.41) is 0. The molecule has 1 heterocycles. The average molecular weight is 264 g/mol. The highest BCUT2D eigenvalue weighted by Gasteiger charge is 2.42. The minimum absolute atomic E-state index is 0.512. The van der Waals surface area contributed by atoms with Crippen molar-refractivity contribution in [2.75, 3.05) is 19.8 Å². The first kappa shape index (κ1) is 13.9. The molecule has 2 aliphatic carbocycles.